The maximum Gasteiger partial charge on any atom is 0.0124 e. The molecule has 3 fully saturated rings. The molecule has 0 radical (unpaired) electrons. The summed E-state index contributed by atoms with van der Waals surface area (Å²) in [5.74, 6) is 0. The number of thioether (sulfide) groups is 1. The van der Waals surface area contributed by atoms with Crippen LogP contribution in [0.1, 0.15) is 19.3 Å². The topological polar surface area (TPSA) is 3.24 Å². The van der Waals surface area contributed by atoms with E-state index in [0.29, 0.717) is 0 Å². The van der Waals surface area contributed by atoms with E-state index >= 15 is 0 Å². The highest BCUT2D eigenvalue weighted by atomic mass is 32.2. The first-order valence-corrected chi connectivity index (χ1v) is 6.64. The Kier molecular flexibility index (Phi) is 2.49. The van der Waals surface area contributed by atoms with Gasteiger partial charge < -0.3 is 4.90 Å². The molecule has 2 heterocycles. The molecular formula is C13H17NS. The van der Waals surface area contributed by atoms with Crippen LogP contribution < -0.4 is 0 Å². The van der Waals surface area contributed by atoms with Gasteiger partial charge in [0.2, 0.25) is 0 Å². The second kappa shape index (κ2) is 3.84. The van der Waals surface area contributed by atoms with Gasteiger partial charge in [0.05, 0.1) is 0 Å². The predicted molar refractivity (Wildman–Crippen MR) is 65.3 cm³/mol. The Hall–Kier alpha value is -0.470. The van der Waals surface area contributed by atoms with Crippen molar-refractivity contribution >= 4 is 11.8 Å². The summed E-state index contributed by atoms with van der Waals surface area (Å²) in [7, 11) is 2.28. The average Bonchev–Trinajstić information content (AvgIpc) is 2.30. The normalized spacial score (nSPS) is 34.9. The van der Waals surface area contributed by atoms with Gasteiger partial charge in [-0.25, -0.2) is 0 Å². The minimum atomic E-state index is 0.854. The zero-order chi connectivity index (χ0) is 10.3. The van der Waals surface area contributed by atoms with Crippen LogP contribution in [0.5, 0.6) is 0 Å². The number of hydrogen-bond donors (Lipinski definition) is 0. The van der Waals surface area contributed by atoms with Gasteiger partial charge in [0.15, 0.2) is 0 Å². The van der Waals surface area contributed by atoms with E-state index in [2.05, 4.69) is 54.0 Å². The molecule has 1 aromatic carbocycles. The summed E-state index contributed by atoms with van der Waals surface area (Å²) in [4.78, 5) is 3.99. The minimum Gasteiger partial charge on any atom is -0.300 e. The third-order valence-corrected chi connectivity index (χ3v) is 5.07. The number of piperidine rings is 1. The third kappa shape index (κ3) is 1.81. The standard InChI is InChI=1S/C13H17NS/c1-14-10-7-11(14)9-13(8-10)15-12-5-3-2-4-6-12/h2-6,10-11,13H,7-9H2,1H3. The summed E-state index contributed by atoms with van der Waals surface area (Å²) in [5, 5.41) is 0.854. The van der Waals surface area contributed by atoms with Crippen molar-refractivity contribution in [3.05, 3.63) is 30.3 Å². The van der Waals surface area contributed by atoms with E-state index in [4.69, 9.17) is 0 Å². The van der Waals surface area contributed by atoms with Gasteiger partial charge in [-0.3, -0.25) is 0 Å². The minimum absolute atomic E-state index is 0.854. The zero-order valence-electron chi connectivity index (χ0n) is 9.10. The molecule has 1 saturated carbocycles. The van der Waals surface area contributed by atoms with E-state index in [0.717, 1.165) is 17.3 Å². The molecule has 80 valence electrons. The van der Waals surface area contributed by atoms with Crippen LogP contribution in [0.15, 0.2) is 35.2 Å². The van der Waals surface area contributed by atoms with E-state index < -0.39 is 0 Å². The summed E-state index contributed by atoms with van der Waals surface area (Å²) in [6.07, 6.45) is 4.21. The van der Waals surface area contributed by atoms with Crippen molar-refractivity contribution < 1.29 is 0 Å². The third-order valence-electron chi connectivity index (χ3n) is 3.81. The molecule has 2 aliphatic heterocycles. The van der Waals surface area contributed by atoms with E-state index in [1.165, 1.54) is 24.2 Å². The lowest BCUT2D eigenvalue weighted by Gasteiger charge is -2.53. The van der Waals surface area contributed by atoms with Crippen molar-refractivity contribution in [1.82, 2.24) is 4.90 Å². The fourth-order valence-corrected chi connectivity index (χ4v) is 4.16. The van der Waals surface area contributed by atoms with E-state index in [1.54, 1.807) is 0 Å². The monoisotopic (exact) mass is 219 g/mol. The van der Waals surface area contributed by atoms with Gasteiger partial charge in [-0.05, 0) is 38.4 Å². The first-order chi connectivity index (χ1) is 7.33. The lowest BCUT2D eigenvalue weighted by Crippen LogP contribution is -2.59. The van der Waals surface area contributed by atoms with E-state index in [-0.39, 0.29) is 0 Å². The Morgan fingerprint density at radius 3 is 2.33 bits per heavy atom. The highest BCUT2D eigenvalue weighted by Gasteiger charge is 2.42. The van der Waals surface area contributed by atoms with Crippen LogP contribution in [0.4, 0.5) is 0 Å². The first-order valence-electron chi connectivity index (χ1n) is 5.76. The highest BCUT2D eigenvalue weighted by Crippen LogP contribution is 2.43. The van der Waals surface area contributed by atoms with Crippen LogP contribution >= 0.6 is 11.8 Å². The van der Waals surface area contributed by atoms with Crippen molar-refractivity contribution in [2.75, 3.05) is 7.05 Å². The van der Waals surface area contributed by atoms with Gasteiger partial charge in [-0.1, -0.05) is 18.2 Å². The van der Waals surface area contributed by atoms with Crippen LogP contribution in [0.25, 0.3) is 0 Å². The molecule has 2 unspecified atom stereocenters. The Bertz CT molecular complexity index is 326. The summed E-state index contributed by atoms with van der Waals surface area (Å²) in [6, 6.07) is 12.6. The van der Waals surface area contributed by atoms with Gasteiger partial charge in [-0.15, -0.1) is 11.8 Å². The lowest BCUT2D eigenvalue weighted by atomic mass is 9.80. The largest absolute Gasteiger partial charge is 0.300 e. The van der Waals surface area contributed by atoms with Crippen molar-refractivity contribution in [3.63, 3.8) is 0 Å². The molecule has 3 aliphatic rings. The SMILES string of the molecule is CN1C2CC(Sc3ccccc3)CC1C2. The molecule has 4 rings (SSSR count). The maximum absolute atomic E-state index is 2.56. The van der Waals surface area contributed by atoms with Crippen molar-refractivity contribution in [1.29, 1.82) is 0 Å². The second-order valence-electron chi connectivity index (χ2n) is 4.73. The Morgan fingerprint density at radius 2 is 1.73 bits per heavy atom. The number of benzene rings is 1. The quantitative estimate of drug-likeness (QED) is 0.752. The molecule has 0 amide bonds. The van der Waals surface area contributed by atoms with Crippen LogP contribution in [-0.2, 0) is 0 Å². The number of hydrogen-bond acceptors (Lipinski definition) is 2. The number of fused-ring (bicyclic) bond motifs is 2. The highest BCUT2D eigenvalue weighted by molar-refractivity contribution is 8.00. The smallest absolute Gasteiger partial charge is 0.0124 e. The van der Waals surface area contributed by atoms with Crippen molar-refractivity contribution in [2.24, 2.45) is 0 Å². The van der Waals surface area contributed by atoms with Gasteiger partial charge in [0.25, 0.3) is 0 Å². The molecule has 2 heteroatoms. The fourth-order valence-electron chi connectivity index (χ4n) is 2.82. The summed E-state index contributed by atoms with van der Waals surface area (Å²) in [5.41, 5.74) is 0. The van der Waals surface area contributed by atoms with Gasteiger partial charge in [-0.2, -0.15) is 0 Å². The van der Waals surface area contributed by atoms with Gasteiger partial charge in [0.1, 0.15) is 0 Å². The van der Waals surface area contributed by atoms with Crippen LogP contribution in [0, 0.1) is 0 Å². The molecule has 0 spiro atoms. The van der Waals surface area contributed by atoms with Crippen molar-refractivity contribution in [2.45, 2.75) is 41.5 Å². The Labute approximate surface area is 95.9 Å². The number of nitrogens with zero attached hydrogens (tertiary/aromatic N) is 1. The Balaban J connectivity index is 1.62. The molecule has 15 heavy (non-hydrogen) atoms. The number of rotatable bonds is 2. The molecule has 1 aromatic rings. The molecule has 1 nitrogen and oxygen atoms in total. The summed E-state index contributed by atoms with van der Waals surface area (Å²) >= 11 is 2.07. The molecule has 0 aromatic heterocycles. The van der Waals surface area contributed by atoms with Crippen LogP contribution in [0.2, 0.25) is 0 Å². The van der Waals surface area contributed by atoms with Crippen molar-refractivity contribution in [3.8, 4) is 0 Å². The molecule has 2 saturated heterocycles. The molecular weight excluding hydrogens is 202 g/mol. The average molecular weight is 219 g/mol. The second-order valence-corrected chi connectivity index (χ2v) is 6.11. The van der Waals surface area contributed by atoms with Crippen LogP contribution in [0.3, 0.4) is 0 Å². The zero-order valence-corrected chi connectivity index (χ0v) is 9.91. The molecule has 0 N–H and O–H groups in total. The van der Waals surface area contributed by atoms with E-state index in [9.17, 15) is 0 Å². The van der Waals surface area contributed by atoms with Gasteiger partial charge in [0, 0.05) is 22.2 Å². The summed E-state index contributed by atoms with van der Waals surface area (Å²) in [6.45, 7) is 0. The van der Waals surface area contributed by atoms with Gasteiger partial charge >= 0.3 is 0 Å². The van der Waals surface area contributed by atoms with Crippen LogP contribution in [-0.4, -0.2) is 29.3 Å². The summed E-state index contributed by atoms with van der Waals surface area (Å²) < 4.78 is 0. The molecule has 2 atom stereocenters. The lowest BCUT2D eigenvalue weighted by molar-refractivity contribution is 0.00108. The van der Waals surface area contributed by atoms with E-state index in [1.807, 2.05) is 0 Å². The molecule has 1 aliphatic carbocycles. The Morgan fingerprint density at radius 1 is 1.07 bits per heavy atom. The molecule has 2 bridgehead atoms. The fraction of sp³-hybridized carbons (Fsp3) is 0.538. The predicted octanol–water partition coefficient (Wildman–Crippen LogP) is 3.01. The maximum atomic E-state index is 2.56. The first kappa shape index (κ1) is 9.73.